The van der Waals surface area contributed by atoms with Crippen molar-refractivity contribution >= 4 is 23.9 Å². The number of allylic oxidation sites excluding steroid dienone is 2. The first-order chi connectivity index (χ1) is 35.2. The predicted octanol–water partition coefficient (Wildman–Crippen LogP) is 13.8. The molecule has 408 valence electrons. The molecule has 6 rings (SSSR count). The molecule has 4 bridgehead atoms. The maximum atomic E-state index is 13.2. The van der Waals surface area contributed by atoms with Crippen LogP contribution in [0, 0.1) is 55.3 Å². The number of methoxy groups -OCH3 is 2. The fourth-order valence-electron chi connectivity index (χ4n) is 12.4. The third kappa shape index (κ3) is 19.1. The smallest absolute Gasteiger partial charge is 0.309 e. The standard InChI is InChI=1S/C31H46O5.C17H22O2.C15H28O3/c1-5-7-9-11-27(32)28(12-10-8-6-2)36-29(33)20-25-23-17-18-24(25)30(31(34)35-4)26(19-23)22-15-13-21(3)14-16-22;1-11-3-6-13(7-4-11)15-10-12-5-8-14(9-12)16(15)17(18)19-2;1-4-7-9-11-13(16)14(12-10-8-5-2)18-15(17)6-3/h8,10,13-16,23-28,30,32H,5-7,9,11-12,17-20H2,1-4H3;3-4,6-7,12,14-16H,5,8-10H2,1-2H3;7,9,13-14,16H,4-6,8,10-12H2,1-3H3/b10-8-;;9-7-/t23?,24?,25?,26?,27-,28-,30?;;13-,14+/m0.0/s1. The van der Waals surface area contributed by atoms with Gasteiger partial charge in [-0.25, -0.2) is 0 Å². The number of carbonyl (C=O) groups excluding carboxylic acids is 4. The van der Waals surface area contributed by atoms with Crippen molar-refractivity contribution in [1.29, 1.82) is 0 Å². The number of aliphatic hydroxyl groups is 2. The van der Waals surface area contributed by atoms with Crippen molar-refractivity contribution in [2.75, 3.05) is 14.2 Å². The number of hydrogen-bond acceptors (Lipinski definition) is 10. The molecule has 0 aliphatic heterocycles. The minimum atomic E-state index is -0.654. The molecule has 73 heavy (non-hydrogen) atoms. The lowest BCUT2D eigenvalue weighted by molar-refractivity contribution is -0.160. The van der Waals surface area contributed by atoms with Crippen LogP contribution in [0.1, 0.15) is 204 Å². The zero-order chi connectivity index (χ0) is 53.3. The van der Waals surface area contributed by atoms with Crippen LogP contribution in [0.5, 0.6) is 0 Å². The summed E-state index contributed by atoms with van der Waals surface area (Å²) in [6.45, 7) is 14.3. The van der Waals surface area contributed by atoms with Gasteiger partial charge in [-0.05, 0) is 143 Å². The molecule has 2 aromatic rings. The monoisotopic (exact) mass is 1010 g/mol. The fraction of sp³-hybridized carbons (Fsp3) is 0.683. The van der Waals surface area contributed by atoms with Gasteiger partial charge in [-0.2, -0.15) is 0 Å². The Labute approximate surface area is 440 Å². The summed E-state index contributed by atoms with van der Waals surface area (Å²) in [5.74, 6) is 1.65. The van der Waals surface area contributed by atoms with E-state index >= 15 is 0 Å². The molecule has 0 heterocycles. The summed E-state index contributed by atoms with van der Waals surface area (Å²) >= 11 is 0. The van der Waals surface area contributed by atoms with E-state index in [1.54, 1.807) is 6.92 Å². The molecule has 2 aromatic carbocycles. The van der Waals surface area contributed by atoms with Crippen LogP contribution in [0.25, 0.3) is 0 Å². The van der Waals surface area contributed by atoms with E-state index in [2.05, 4.69) is 90.1 Å². The Kier molecular flexibility index (Phi) is 27.6. The van der Waals surface area contributed by atoms with Crippen LogP contribution in [-0.4, -0.2) is 72.7 Å². The van der Waals surface area contributed by atoms with Gasteiger partial charge in [0, 0.05) is 19.3 Å². The topological polar surface area (TPSA) is 146 Å². The van der Waals surface area contributed by atoms with Crippen molar-refractivity contribution < 1.29 is 48.3 Å². The first-order valence-electron chi connectivity index (χ1n) is 28.6. The average Bonchev–Trinajstić information content (AvgIpc) is 3.90. The minimum absolute atomic E-state index is 0.00377. The summed E-state index contributed by atoms with van der Waals surface area (Å²) in [6.07, 6.45) is 25.0. The number of aryl methyl sites for hydroxylation is 2. The molecule has 0 amide bonds. The molecule has 10 heteroatoms. The second-order valence-corrected chi connectivity index (χ2v) is 21.7. The molecule has 4 fully saturated rings. The van der Waals surface area contributed by atoms with E-state index in [0.29, 0.717) is 49.9 Å². The Balaban J connectivity index is 0.000000262. The van der Waals surface area contributed by atoms with Gasteiger partial charge in [-0.1, -0.05) is 157 Å². The number of hydrogen-bond donors (Lipinski definition) is 2. The molecule has 4 aliphatic rings. The number of fused-ring (bicyclic) bond motifs is 4. The summed E-state index contributed by atoms with van der Waals surface area (Å²) in [5, 5.41) is 20.8. The fourth-order valence-corrected chi connectivity index (χ4v) is 12.4. The number of aliphatic hydroxyl groups excluding tert-OH is 2. The van der Waals surface area contributed by atoms with Crippen LogP contribution < -0.4 is 0 Å². The summed E-state index contributed by atoms with van der Waals surface area (Å²) in [4.78, 5) is 49.7. The number of carbonyl (C=O) groups is 4. The van der Waals surface area contributed by atoms with Crippen molar-refractivity contribution in [1.82, 2.24) is 0 Å². The molecule has 0 spiro atoms. The quantitative estimate of drug-likeness (QED) is 0.0427. The lowest BCUT2D eigenvalue weighted by Gasteiger charge is -2.40. The summed E-state index contributed by atoms with van der Waals surface area (Å²) < 4.78 is 21.6. The number of esters is 4. The molecule has 2 N–H and O–H groups in total. The molecule has 0 saturated heterocycles. The van der Waals surface area contributed by atoms with E-state index in [0.717, 1.165) is 89.4 Å². The highest BCUT2D eigenvalue weighted by molar-refractivity contribution is 5.76. The molecule has 10 nitrogen and oxygen atoms in total. The van der Waals surface area contributed by atoms with Gasteiger partial charge in [0.1, 0.15) is 12.2 Å². The van der Waals surface area contributed by atoms with Crippen molar-refractivity contribution in [3.63, 3.8) is 0 Å². The number of unbranched alkanes of at least 4 members (excludes halogenated alkanes) is 4. The highest BCUT2D eigenvalue weighted by Crippen LogP contribution is 2.57. The summed E-state index contributed by atoms with van der Waals surface area (Å²) in [6, 6.07) is 17.2. The van der Waals surface area contributed by atoms with Gasteiger partial charge in [0.25, 0.3) is 0 Å². The summed E-state index contributed by atoms with van der Waals surface area (Å²) in [5.41, 5.74) is 4.98. The lowest BCUT2D eigenvalue weighted by Crippen LogP contribution is -2.40. The zero-order valence-electron chi connectivity index (χ0n) is 46.4. The van der Waals surface area contributed by atoms with Crippen LogP contribution in [-0.2, 0) is 38.1 Å². The van der Waals surface area contributed by atoms with E-state index in [1.807, 2.05) is 24.3 Å². The van der Waals surface area contributed by atoms with Crippen molar-refractivity contribution in [2.24, 2.45) is 41.4 Å². The Morgan fingerprint density at radius 3 is 1.67 bits per heavy atom. The van der Waals surface area contributed by atoms with Gasteiger partial charge in [-0.15, -0.1) is 0 Å². The van der Waals surface area contributed by atoms with Crippen LogP contribution in [0.3, 0.4) is 0 Å². The van der Waals surface area contributed by atoms with E-state index in [9.17, 15) is 29.4 Å². The van der Waals surface area contributed by atoms with E-state index in [4.69, 9.17) is 18.9 Å². The van der Waals surface area contributed by atoms with Crippen LogP contribution in [0.2, 0.25) is 0 Å². The molecule has 0 radical (unpaired) electrons. The van der Waals surface area contributed by atoms with Crippen molar-refractivity contribution in [2.45, 2.75) is 220 Å². The Hall–Kier alpha value is -4.28. The molecule has 9 unspecified atom stereocenters. The normalized spacial score (nSPS) is 25.6. The Bertz CT molecular complexity index is 1970. The highest BCUT2D eigenvalue weighted by atomic mass is 16.6. The van der Waals surface area contributed by atoms with Gasteiger partial charge in [0.15, 0.2) is 0 Å². The number of benzene rings is 2. The maximum absolute atomic E-state index is 13.2. The van der Waals surface area contributed by atoms with Gasteiger partial charge in [-0.3, -0.25) is 19.2 Å². The average molecular weight is 1010 g/mol. The van der Waals surface area contributed by atoms with E-state index in [1.165, 1.54) is 55.7 Å². The molecular weight excluding hydrogens is 917 g/mol. The van der Waals surface area contributed by atoms with Gasteiger partial charge in [0.2, 0.25) is 0 Å². The third-order valence-corrected chi connectivity index (χ3v) is 16.4. The van der Waals surface area contributed by atoms with Gasteiger partial charge >= 0.3 is 23.9 Å². The van der Waals surface area contributed by atoms with E-state index in [-0.39, 0.29) is 59.6 Å². The first kappa shape index (κ1) is 61.3. The minimum Gasteiger partial charge on any atom is -0.469 e. The Morgan fingerprint density at radius 2 is 1.11 bits per heavy atom. The van der Waals surface area contributed by atoms with E-state index < -0.39 is 18.3 Å². The van der Waals surface area contributed by atoms with Gasteiger partial charge < -0.3 is 29.2 Å². The molecular formula is C63H96O10. The highest BCUT2D eigenvalue weighted by Gasteiger charge is 2.53. The first-order valence-corrected chi connectivity index (χ1v) is 28.6. The van der Waals surface area contributed by atoms with Gasteiger partial charge in [0.05, 0.1) is 38.3 Å². The zero-order valence-corrected chi connectivity index (χ0v) is 46.4. The molecule has 4 aliphatic carbocycles. The molecule has 4 saturated carbocycles. The SMILES string of the molecule is CC/C=C\C[C@H](O)[C@@H](CCCCC)OC(=O)CC.CC/C=C\C[C@H](OC(=O)CC1C2CCC1C(C(=O)OC)C(c1ccc(C)cc1)C2)[C@@H](O)CCCCC.COC(=O)C1C2CCC(C2)CC1c1ccc(C)cc1. The second-order valence-electron chi connectivity index (χ2n) is 21.7. The molecule has 0 aromatic heterocycles. The van der Waals surface area contributed by atoms with Crippen molar-refractivity contribution in [3.05, 3.63) is 95.1 Å². The summed E-state index contributed by atoms with van der Waals surface area (Å²) in [7, 11) is 2.99. The third-order valence-electron chi connectivity index (χ3n) is 16.4. The number of ether oxygens (including phenoxy) is 4. The lowest BCUT2D eigenvalue weighted by atomic mass is 9.63. The van der Waals surface area contributed by atoms with Crippen LogP contribution in [0.4, 0.5) is 0 Å². The van der Waals surface area contributed by atoms with Crippen molar-refractivity contribution in [3.8, 4) is 0 Å². The maximum Gasteiger partial charge on any atom is 0.309 e. The Morgan fingerprint density at radius 1 is 0.575 bits per heavy atom. The van der Waals surface area contributed by atoms with Crippen LogP contribution >= 0.6 is 0 Å². The predicted molar refractivity (Wildman–Crippen MR) is 292 cm³/mol. The second kappa shape index (κ2) is 32.9. The largest absolute Gasteiger partial charge is 0.469 e. The number of rotatable bonds is 25. The molecule has 13 atom stereocenters. The van der Waals surface area contributed by atoms with Crippen LogP contribution in [0.15, 0.2) is 72.8 Å².